The summed E-state index contributed by atoms with van der Waals surface area (Å²) in [5.74, 6) is 1.23. The molecular weight excluding hydrogens is 240 g/mol. The number of nitrogens with zero attached hydrogens (tertiary/aromatic N) is 2. The largest absolute Gasteiger partial charge is 0.454 e. The van der Waals surface area contributed by atoms with Crippen molar-refractivity contribution in [3.05, 3.63) is 41.2 Å². The molecule has 0 saturated heterocycles. The number of aliphatic hydroxyl groups is 1. The van der Waals surface area contributed by atoms with E-state index in [9.17, 15) is 5.11 Å². The predicted octanol–water partition coefficient (Wildman–Crippen LogP) is 2.84. The molecule has 0 radical (unpaired) electrons. The molecule has 2 rings (SSSR count). The van der Waals surface area contributed by atoms with Crippen LogP contribution in [-0.2, 0) is 13.2 Å². The van der Waals surface area contributed by atoms with Crippen LogP contribution < -0.4 is 4.74 Å². The Labute approximate surface area is 104 Å². The van der Waals surface area contributed by atoms with Crippen LogP contribution in [0.2, 0.25) is 5.02 Å². The molecule has 2 aromatic rings. The molecule has 0 aliphatic heterocycles. The predicted molar refractivity (Wildman–Crippen MR) is 65.3 cm³/mol. The molecule has 17 heavy (non-hydrogen) atoms. The molecule has 1 aromatic carbocycles. The third-order valence-electron chi connectivity index (χ3n) is 2.35. The van der Waals surface area contributed by atoms with Gasteiger partial charge in [0.25, 0.3) is 0 Å². The van der Waals surface area contributed by atoms with Gasteiger partial charge in [-0.05, 0) is 25.1 Å². The minimum absolute atomic E-state index is 0.113. The molecule has 0 atom stereocenters. The van der Waals surface area contributed by atoms with Gasteiger partial charge in [0, 0.05) is 17.1 Å². The van der Waals surface area contributed by atoms with E-state index in [2.05, 4.69) is 5.10 Å². The molecule has 1 aromatic heterocycles. The van der Waals surface area contributed by atoms with E-state index >= 15 is 0 Å². The number of hydrogen-bond acceptors (Lipinski definition) is 3. The molecular formula is C12H13ClN2O2. The number of ether oxygens (including phenoxy) is 1. The lowest BCUT2D eigenvalue weighted by molar-refractivity contribution is 0.276. The summed E-state index contributed by atoms with van der Waals surface area (Å²) >= 11 is 5.84. The normalized spacial score (nSPS) is 10.5. The van der Waals surface area contributed by atoms with Crippen molar-refractivity contribution in [1.82, 2.24) is 9.78 Å². The molecule has 0 unspecified atom stereocenters. The van der Waals surface area contributed by atoms with Crippen molar-refractivity contribution in [2.45, 2.75) is 20.1 Å². The number of aryl methyl sites for hydroxylation is 1. The number of rotatable bonds is 4. The average Bonchev–Trinajstić information content (AvgIpc) is 2.79. The SMILES string of the molecule is CCn1cc(Oc2ccc(Cl)cc2CO)cn1. The van der Waals surface area contributed by atoms with E-state index in [1.54, 1.807) is 35.3 Å². The van der Waals surface area contributed by atoms with E-state index in [-0.39, 0.29) is 6.61 Å². The molecule has 1 N–H and O–H groups in total. The van der Waals surface area contributed by atoms with Crippen LogP contribution in [0.25, 0.3) is 0 Å². The number of hydrogen-bond donors (Lipinski definition) is 1. The molecule has 0 bridgehead atoms. The summed E-state index contributed by atoms with van der Waals surface area (Å²) in [6.45, 7) is 2.67. The lowest BCUT2D eigenvalue weighted by Gasteiger charge is -2.07. The van der Waals surface area contributed by atoms with Crippen molar-refractivity contribution < 1.29 is 9.84 Å². The fourth-order valence-corrected chi connectivity index (χ4v) is 1.66. The second-order valence-corrected chi connectivity index (χ2v) is 3.98. The van der Waals surface area contributed by atoms with Crippen molar-refractivity contribution in [2.24, 2.45) is 0 Å². The maximum absolute atomic E-state index is 9.21. The third-order valence-corrected chi connectivity index (χ3v) is 2.59. The van der Waals surface area contributed by atoms with Crippen LogP contribution >= 0.6 is 11.6 Å². The van der Waals surface area contributed by atoms with E-state index in [0.717, 1.165) is 6.54 Å². The fourth-order valence-electron chi connectivity index (χ4n) is 1.47. The topological polar surface area (TPSA) is 47.3 Å². The Bertz CT molecular complexity index is 511. The number of benzene rings is 1. The van der Waals surface area contributed by atoms with Gasteiger partial charge in [-0.2, -0.15) is 5.10 Å². The van der Waals surface area contributed by atoms with Crippen molar-refractivity contribution in [3.8, 4) is 11.5 Å². The lowest BCUT2D eigenvalue weighted by atomic mass is 10.2. The maximum atomic E-state index is 9.21. The van der Waals surface area contributed by atoms with E-state index in [4.69, 9.17) is 16.3 Å². The van der Waals surface area contributed by atoms with Gasteiger partial charge in [-0.1, -0.05) is 11.6 Å². The van der Waals surface area contributed by atoms with Crippen LogP contribution in [0, 0.1) is 0 Å². The Kier molecular flexibility index (Phi) is 3.66. The standard InChI is InChI=1S/C12H13ClN2O2/c1-2-15-7-11(6-14-15)17-12-4-3-10(13)5-9(12)8-16/h3-7,16H,2,8H2,1H3. The van der Waals surface area contributed by atoms with E-state index in [1.165, 1.54) is 0 Å². The third kappa shape index (κ3) is 2.78. The second-order valence-electron chi connectivity index (χ2n) is 3.54. The Morgan fingerprint density at radius 1 is 1.47 bits per heavy atom. The van der Waals surface area contributed by atoms with Gasteiger partial charge in [0.15, 0.2) is 5.75 Å². The summed E-state index contributed by atoms with van der Waals surface area (Å²) in [5.41, 5.74) is 0.654. The summed E-state index contributed by atoms with van der Waals surface area (Å²) in [5, 5.41) is 13.9. The van der Waals surface area contributed by atoms with Crippen LogP contribution in [-0.4, -0.2) is 14.9 Å². The van der Waals surface area contributed by atoms with E-state index in [1.807, 2.05) is 6.92 Å². The van der Waals surface area contributed by atoms with E-state index < -0.39 is 0 Å². The molecule has 90 valence electrons. The van der Waals surface area contributed by atoms with Crippen LogP contribution in [0.5, 0.6) is 11.5 Å². The first-order chi connectivity index (χ1) is 8.22. The molecule has 5 heteroatoms. The van der Waals surface area contributed by atoms with Gasteiger partial charge in [-0.25, -0.2) is 0 Å². The van der Waals surface area contributed by atoms with Gasteiger partial charge in [0.1, 0.15) is 5.75 Å². The molecule has 1 heterocycles. The van der Waals surface area contributed by atoms with Crippen molar-refractivity contribution >= 4 is 11.6 Å². The number of halogens is 1. The zero-order chi connectivity index (χ0) is 12.3. The Morgan fingerprint density at radius 2 is 2.29 bits per heavy atom. The molecule has 0 spiro atoms. The maximum Gasteiger partial charge on any atom is 0.165 e. The van der Waals surface area contributed by atoms with Crippen molar-refractivity contribution in [1.29, 1.82) is 0 Å². The highest BCUT2D eigenvalue weighted by molar-refractivity contribution is 6.30. The summed E-state index contributed by atoms with van der Waals surface area (Å²) in [4.78, 5) is 0. The first-order valence-electron chi connectivity index (χ1n) is 5.32. The van der Waals surface area contributed by atoms with Crippen LogP contribution in [0.3, 0.4) is 0 Å². The highest BCUT2D eigenvalue weighted by atomic mass is 35.5. The van der Waals surface area contributed by atoms with Crippen LogP contribution in [0.4, 0.5) is 0 Å². The fraction of sp³-hybridized carbons (Fsp3) is 0.250. The first-order valence-corrected chi connectivity index (χ1v) is 5.70. The van der Waals surface area contributed by atoms with Crippen molar-refractivity contribution in [3.63, 3.8) is 0 Å². The monoisotopic (exact) mass is 252 g/mol. The van der Waals surface area contributed by atoms with E-state index in [0.29, 0.717) is 22.1 Å². The van der Waals surface area contributed by atoms with Gasteiger partial charge in [-0.15, -0.1) is 0 Å². The summed E-state index contributed by atoms with van der Waals surface area (Å²) < 4.78 is 7.40. The zero-order valence-corrected chi connectivity index (χ0v) is 10.2. The Morgan fingerprint density at radius 3 is 2.94 bits per heavy atom. The molecule has 0 aliphatic carbocycles. The molecule has 0 saturated carbocycles. The number of aliphatic hydroxyl groups excluding tert-OH is 1. The number of aromatic nitrogens is 2. The first kappa shape index (κ1) is 12.0. The van der Waals surface area contributed by atoms with Gasteiger partial charge in [0.05, 0.1) is 19.0 Å². The van der Waals surface area contributed by atoms with Gasteiger partial charge in [-0.3, -0.25) is 4.68 Å². The molecule has 0 aliphatic rings. The summed E-state index contributed by atoms with van der Waals surface area (Å²) in [6.07, 6.45) is 3.44. The molecule has 4 nitrogen and oxygen atoms in total. The van der Waals surface area contributed by atoms with Crippen LogP contribution in [0.15, 0.2) is 30.6 Å². The Balaban J connectivity index is 2.23. The second kappa shape index (κ2) is 5.21. The Hall–Kier alpha value is -1.52. The minimum atomic E-state index is -0.113. The molecule has 0 amide bonds. The highest BCUT2D eigenvalue weighted by Crippen LogP contribution is 2.27. The quantitative estimate of drug-likeness (QED) is 0.910. The zero-order valence-electron chi connectivity index (χ0n) is 9.43. The van der Waals surface area contributed by atoms with Crippen LogP contribution in [0.1, 0.15) is 12.5 Å². The summed E-state index contributed by atoms with van der Waals surface area (Å²) in [6, 6.07) is 5.14. The minimum Gasteiger partial charge on any atom is -0.454 e. The van der Waals surface area contributed by atoms with Crippen molar-refractivity contribution in [2.75, 3.05) is 0 Å². The van der Waals surface area contributed by atoms with Gasteiger partial charge >= 0.3 is 0 Å². The summed E-state index contributed by atoms with van der Waals surface area (Å²) in [7, 11) is 0. The lowest BCUT2D eigenvalue weighted by Crippen LogP contribution is -1.93. The van der Waals surface area contributed by atoms with Gasteiger partial charge < -0.3 is 9.84 Å². The highest BCUT2D eigenvalue weighted by Gasteiger charge is 2.06. The molecule has 0 fully saturated rings. The average molecular weight is 253 g/mol. The smallest absolute Gasteiger partial charge is 0.165 e. The van der Waals surface area contributed by atoms with Gasteiger partial charge in [0.2, 0.25) is 0 Å².